The Bertz CT molecular complexity index is 682. The molecule has 2 aromatic rings. The maximum atomic E-state index is 12.1. The highest BCUT2D eigenvalue weighted by atomic mass is 79.9. The third-order valence-corrected chi connectivity index (χ3v) is 4.40. The van der Waals surface area contributed by atoms with Gasteiger partial charge in [0.15, 0.2) is 0 Å². The van der Waals surface area contributed by atoms with Gasteiger partial charge >= 0.3 is 0 Å². The number of rotatable bonds is 3. The number of carbonyl (C=O) groups excluding carboxylic acids is 1. The highest BCUT2D eigenvalue weighted by Crippen LogP contribution is 2.21. The smallest absolute Gasteiger partial charge is 0.252 e. The zero-order chi connectivity index (χ0) is 15.2. The quantitative estimate of drug-likeness (QED) is 0.821. The van der Waals surface area contributed by atoms with Gasteiger partial charge in [0.2, 0.25) is 0 Å². The number of halogens is 1. The van der Waals surface area contributed by atoms with Crippen molar-refractivity contribution < 1.29 is 9.90 Å². The maximum absolute atomic E-state index is 12.1. The summed E-state index contributed by atoms with van der Waals surface area (Å²) >= 11 is 4.83. The third kappa shape index (κ3) is 4.43. The van der Waals surface area contributed by atoms with Crippen molar-refractivity contribution in [3.63, 3.8) is 0 Å². The van der Waals surface area contributed by atoms with Gasteiger partial charge in [-0.25, -0.2) is 0 Å². The Hall–Kier alpha value is -1.61. The first-order valence-corrected chi connectivity index (χ1v) is 8.02. The lowest BCUT2D eigenvalue weighted by atomic mass is 10.1. The lowest BCUT2D eigenvalue weighted by Crippen LogP contribution is -2.26. The lowest BCUT2D eigenvalue weighted by Gasteiger charge is -2.13. The second kappa shape index (κ2) is 7.41. The molecule has 108 valence electrons. The standard InChI is InChI=1S/C16H14BrNO2S/c1-11(18-16(20)14-9-15(17)21-10-14)13-6-4-12(5-7-13)3-2-8-19/h4-7,9-11,19H,8H2,1H3,(H,18,20). The largest absolute Gasteiger partial charge is 0.384 e. The minimum absolute atomic E-state index is 0.0870. The predicted octanol–water partition coefficient (Wildman–Crippen LogP) is 3.35. The third-order valence-electron chi connectivity index (χ3n) is 2.90. The fourth-order valence-electron chi connectivity index (χ4n) is 1.79. The summed E-state index contributed by atoms with van der Waals surface area (Å²) < 4.78 is 0.937. The molecule has 0 spiro atoms. The monoisotopic (exact) mass is 363 g/mol. The number of benzene rings is 1. The normalized spacial score (nSPS) is 11.4. The number of carbonyl (C=O) groups is 1. The van der Waals surface area contributed by atoms with Crippen LogP contribution in [-0.4, -0.2) is 17.6 Å². The summed E-state index contributed by atoms with van der Waals surface area (Å²) in [5.41, 5.74) is 2.50. The van der Waals surface area contributed by atoms with E-state index in [1.165, 1.54) is 11.3 Å². The molecule has 3 nitrogen and oxygen atoms in total. The first-order chi connectivity index (χ1) is 10.1. The molecule has 0 saturated carbocycles. The van der Waals surface area contributed by atoms with E-state index in [2.05, 4.69) is 33.1 Å². The van der Waals surface area contributed by atoms with Gasteiger partial charge in [-0.1, -0.05) is 24.0 Å². The maximum Gasteiger partial charge on any atom is 0.252 e. The van der Waals surface area contributed by atoms with Crippen LogP contribution in [0.25, 0.3) is 0 Å². The molecule has 1 aromatic heterocycles. The average molecular weight is 364 g/mol. The predicted molar refractivity (Wildman–Crippen MR) is 88.3 cm³/mol. The summed E-state index contributed by atoms with van der Waals surface area (Å²) in [6, 6.07) is 9.33. The Morgan fingerprint density at radius 2 is 2.14 bits per heavy atom. The van der Waals surface area contributed by atoms with Gasteiger partial charge in [-0.05, 0) is 46.6 Å². The van der Waals surface area contributed by atoms with E-state index in [0.717, 1.165) is 14.9 Å². The molecule has 0 bridgehead atoms. The van der Waals surface area contributed by atoms with Gasteiger partial charge in [-0.2, -0.15) is 0 Å². The SMILES string of the molecule is CC(NC(=O)c1csc(Br)c1)c1ccc(C#CCO)cc1. The van der Waals surface area contributed by atoms with Crippen LogP contribution in [0.1, 0.15) is 34.5 Å². The Labute approximate surface area is 136 Å². The van der Waals surface area contributed by atoms with E-state index in [0.29, 0.717) is 5.56 Å². The fraction of sp³-hybridized carbons (Fsp3) is 0.188. The van der Waals surface area contributed by atoms with Crippen molar-refractivity contribution in [1.82, 2.24) is 5.32 Å². The van der Waals surface area contributed by atoms with E-state index in [4.69, 9.17) is 5.11 Å². The number of hydrogen-bond donors (Lipinski definition) is 2. The van der Waals surface area contributed by atoms with Crippen LogP contribution in [-0.2, 0) is 0 Å². The molecule has 1 heterocycles. The van der Waals surface area contributed by atoms with Gasteiger partial charge in [0.05, 0.1) is 15.4 Å². The van der Waals surface area contributed by atoms with Crippen LogP contribution in [0.3, 0.4) is 0 Å². The van der Waals surface area contributed by atoms with E-state index in [9.17, 15) is 4.79 Å². The number of hydrogen-bond acceptors (Lipinski definition) is 3. The van der Waals surface area contributed by atoms with Gasteiger partial charge < -0.3 is 10.4 Å². The van der Waals surface area contributed by atoms with Crippen molar-refractivity contribution in [3.8, 4) is 11.8 Å². The first kappa shape index (κ1) is 15.8. The Morgan fingerprint density at radius 1 is 1.43 bits per heavy atom. The molecule has 0 aliphatic heterocycles. The Kier molecular flexibility index (Phi) is 5.57. The Morgan fingerprint density at radius 3 is 2.71 bits per heavy atom. The van der Waals surface area contributed by atoms with Crippen molar-refractivity contribution in [3.05, 3.63) is 56.2 Å². The van der Waals surface area contributed by atoms with Crippen molar-refractivity contribution in [1.29, 1.82) is 0 Å². The number of aliphatic hydroxyl groups excluding tert-OH is 1. The molecule has 2 N–H and O–H groups in total. The van der Waals surface area contributed by atoms with E-state index in [1.807, 2.05) is 36.6 Å². The zero-order valence-electron chi connectivity index (χ0n) is 11.4. The second-order valence-electron chi connectivity index (χ2n) is 4.42. The summed E-state index contributed by atoms with van der Waals surface area (Å²) in [6.07, 6.45) is 0. The molecule has 0 aliphatic rings. The van der Waals surface area contributed by atoms with E-state index >= 15 is 0 Å². The molecule has 1 amide bonds. The molecular formula is C16H14BrNO2S. The molecule has 21 heavy (non-hydrogen) atoms. The molecular weight excluding hydrogens is 350 g/mol. The molecule has 2 rings (SSSR count). The minimum Gasteiger partial charge on any atom is -0.384 e. The van der Waals surface area contributed by atoms with Gasteiger partial charge in [0, 0.05) is 10.9 Å². The van der Waals surface area contributed by atoms with Crippen LogP contribution in [0.2, 0.25) is 0 Å². The van der Waals surface area contributed by atoms with E-state index in [-0.39, 0.29) is 18.6 Å². The summed E-state index contributed by atoms with van der Waals surface area (Å²) in [4.78, 5) is 12.1. The van der Waals surface area contributed by atoms with Crippen molar-refractivity contribution in [2.75, 3.05) is 6.61 Å². The molecule has 0 saturated heterocycles. The topological polar surface area (TPSA) is 49.3 Å². The molecule has 0 fully saturated rings. The summed E-state index contributed by atoms with van der Waals surface area (Å²) in [6.45, 7) is 1.79. The second-order valence-corrected chi connectivity index (χ2v) is 6.71. The van der Waals surface area contributed by atoms with Gasteiger partial charge in [-0.3, -0.25) is 4.79 Å². The zero-order valence-corrected chi connectivity index (χ0v) is 13.8. The molecule has 5 heteroatoms. The lowest BCUT2D eigenvalue weighted by molar-refractivity contribution is 0.0940. The van der Waals surface area contributed by atoms with Crippen LogP contribution in [0.4, 0.5) is 0 Å². The van der Waals surface area contributed by atoms with Gasteiger partial charge in [0.25, 0.3) is 5.91 Å². The van der Waals surface area contributed by atoms with Gasteiger partial charge in [0.1, 0.15) is 6.61 Å². The number of thiophene rings is 1. The molecule has 1 aromatic carbocycles. The number of amides is 1. The van der Waals surface area contributed by atoms with Crippen molar-refractivity contribution in [2.45, 2.75) is 13.0 Å². The van der Waals surface area contributed by atoms with Crippen LogP contribution in [0.5, 0.6) is 0 Å². The molecule has 1 atom stereocenters. The van der Waals surface area contributed by atoms with Crippen molar-refractivity contribution >= 4 is 33.2 Å². The first-order valence-electron chi connectivity index (χ1n) is 6.34. The van der Waals surface area contributed by atoms with E-state index in [1.54, 1.807) is 6.07 Å². The Balaban J connectivity index is 2.03. The fourth-order valence-corrected chi connectivity index (χ4v) is 2.93. The van der Waals surface area contributed by atoms with Crippen LogP contribution in [0, 0.1) is 11.8 Å². The van der Waals surface area contributed by atoms with Crippen LogP contribution >= 0.6 is 27.3 Å². The van der Waals surface area contributed by atoms with E-state index < -0.39 is 0 Å². The number of nitrogens with one attached hydrogen (secondary N) is 1. The minimum atomic E-state index is -0.148. The van der Waals surface area contributed by atoms with Gasteiger partial charge in [-0.15, -0.1) is 11.3 Å². The summed E-state index contributed by atoms with van der Waals surface area (Å²) in [5, 5.41) is 13.4. The molecule has 1 unspecified atom stereocenters. The van der Waals surface area contributed by atoms with Crippen molar-refractivity contribution in [2.24, 2.45) is 0 Å². The van der Waals surface area contributed by atoms with Crippen LogP contribution in [0.15, 0.2) is 39.5 Å². The highest BCUT2D eigenvalue weighted by Gasteiger charge is 2.12. The average Bonchev–Trinajstić information content (AvgIpc) is 2.92. The summed E-state index contributed by atoms with van der Waals surface area (Å²) in [5.74, 6) is 5.35. The molecule has 0 radical (unpaired) electrons. The summed E-state index contributed by atoms with van der Waals surface area (Å²) in [7, 11) is 0. The molecule has 0 aliphatic carbocycles. The van der Waals surface area contributed by atoms with Crippen LogP contribution < -0.4 is 5.32 Å². The highest BCUT2D eigenvalue weighted by molar-refractivity contribution is 9.11. The number of aliphatic hydroxyl groups is 1.